The normalized spacial score (nSPS) is 15.6. The lowest BCUT2D eigenvalue weighted by Gasteiger charge is -2.34. The molecule has 1 heterocycles. The summed E-state index contributed by atoms with van der Waals surface area (Å²) < 4.78 is 18.7. The molecule has 0 radical (unpaired) electrons. The van der Waals surface area contributed by atoms with Crippen molar-refractivity contribution in [2.75, 3.05) is 46.4 Å². The van der Waals surface area contributed by atoms with Crippen molar-refractivity contribution in [2.45, 2.75) is 13.5 Å². The van der Waals surface area contributed by atoms with Gasteiger partial charge in [-0.25, -0.2) is 9.18 Å². The van der Waals surface area contributed by atoms with E-state index in [1.807, 2.05) is 11.0 Å². The first kappa shape index (κ1) is 19.1. The summed E-state index contributed by atoms with van der Waals surface area (Å²) in [5, 5.41) is 4.82. The van der Waals surface area contributed by atoms with Crippen molar-refractivity contribution in [1.82, 2.24) is 20.4 Å². The summed E-state index contributed by atoms with van der Waals surface area (Å²) in [6.45, 7) is 6.12. The van der Waals surface area contributed by atoms with E-state index in [-0.39, 0.29) is 24.0 Å². The average Bonchev–Trinajstić information content (AvgIpc) is 2.57. The van der Waals surface area contributed by atoms with Crippen molar-refractivity contribution in [2.24, 2.45) is 0 Å². The Labute approximate surface area is 147 Å². The maximum absolute atomic E-state index is 13.7. The van der Waals surface area contributed by atoms with Gasteiger partial charge in [0.1, 0.15) is 0 Å². The summed E-state index contributed by atoms with van der Waals surface area (Å²) in [7, 11) is 1.44. The number of halogens is 1. The van der Waals surface area contributed by atoms with E-state index in [0.29, 0.717) is 13.1 Å². The summed E-state index contributed by atoms with van der Waals surface area (Å²) in [6, 6.07) is 4.51. The van der Waals surface area contributed by atoms with Crippen LogP contribution in [0.3, 0.4) is 0 Å². The number of carbonyl (C=O) groups is 2. The third-order valence-electron chi connectivity index (χ3n) is 4.04. The van der Waals surface area contributed by atoms with Gasteiger partial charge in [-0.2, -0.15) is 0 Å². The molecular weight excluding hydrogens is 327 g/mol. The van der Waals surface area contributed by atoms with Crippen LogP contribution in [0.15, 0.2) is 18.2 Å². The molecule has 0 spiro atoms. The van der Waals surface area contributed by atoms with Gasteiger partial charge in [-0.1, -0.05) is 6.07 Å². The molecule has 1 aromatic carbocycles. The predicted molar refractivity (Wildman–Crippen MR) is 91.9 cm³/mol. The highest BCUT2D eigenvalue weighted by atomic mass is 19.1. The molecule has 1 aliphatic rings. The van der Waals surface area contributed by atoms with E-state index in [1.54, 1.807) is 13.0 Å². The third-order valence-corrected chi connectivity index (χ3v) is 4.04. The van der Waals surface area contributed by atoms with Crippen LogP contribution in [-0.4, -0.2) is 68.1 Å². The van der Waals surface area contributed by atoms with E-state index in [4.69, 9.17) is 4.74 Å². The molecule has 0 aromatic heterocycles. The van der Waals surface area contributed by atoms with Crippen LogP contribution in [0.2, 0.25) is 0 Å². The van der Waals surface area contributed by atoms with Crippen molar-refractivity contribution < 1.29 is 18.7 Å². The average molecular weight is 352 g/mol. The molecule has 1 aliphatic heterocycles. The quantitative estimate of drug-likeness (QED) is 0.792. The molecule has 1 saturated heterocycles. The maximum atomic E-state index is 13.7. The van der Waals surface area contributed by atoms with Crippen LogP contribution in [0, 0.1) is 5.82 Å². The summed E-state index contributed by atoms with van der Waals surface area (Å²) in [5.41, 5.74) is 0.890. The van der Waals surface area contributed by atoms with E-state index in [0.717, 1.165) is 31.7 Å². The van der Waals surface area contributed by atoms with E-state index in [2.05, 4.69) is 15.5 Å². The summed E-state index contributed by atoms with van der Waals surface area (Å²) in [5.74, 6) is -0.427. The lowest BCUT2D eigenvalue weighted by Crippen LogP contribution is -2.50. The zero-order valence-electron chi connectivity index (χ0n) is 14.7. The van der Waals surface area contributed by atoms with Crippen LogP contribution in [0.4, 0.5) is 9.18 Å². The number of piperazine rings is 1. The SMILES string of the molecule is CCNC(=O)NC(=O)CN1CCN(Cc2ccc(OC)c(F)c2)CC1. The van der Waals surface area contributed by atoms with Gasteiger partial charge in [0.2, 0.25) is 5.91 Å². The Hall–Kier alpha value is -2.19. The molecule has 0 unspecified atom stereocenters. The third kappa shape index (κ3) is 5.99. The Bertz CT molecular complexity index is 604. The summed E-state index contributed by atoms with van der Waals surface area (Å²) >= 11 is 0. The second-order valence-electron chi connectivity index (χ2n) is 5.93. The number of hydrogen-bond acceptors (Lipinski definition) is 5. The van der Waals surface area contributed by atoms with Crippen LogP contribution >= 0.6 is 0 Å². The van der Waals surface area contributed by atoms with Crippen molar-refractivity contribution in [3.05, 3.63) is 29.6 Å². The van der Waals surface area contributed by atoms with Gasteiger partial charge in [-0.05, 0) is 24.6 Å². The van der Waals surface area contributed by atoms with Crippen LogP contribution in [-0.2, 0) is 11.3 Å². The highest BCUT2D eigenvalue weighted by Crippen LogP contribution is 2.19. The number of benzene rings is 1. The molecule has 7 nitrogen and oxygen atoms in total. The van der Waals surface area contributed by atoms with Gasteiger partial charge in [-0.3, -0.25) is 19.9 Å². The van der Waals surface area contributed by atoms with Gasteiger partial charge in [-0.15, -0.1) is 0 Å². The molecule has 3 amide bonds. The van der Waals surface area contributed by atoms with Gasteiger partial charge >= 0.3 is 6.03 Å². The number of nitrogens with one attached hydrogen (secondary N) is 2. The second-order valence-corrected chi connectivity index (χ2v) is 5.93. The number of imide groups is 1. The number of carbonyl (C=O) groups excluding carboxylic acids is 2. The first-order valence-electron chi connectivity index (χ1n) is 8.36. The van der Waals surface area contributed by atoms with Crippen LogP contribution < -0.4 is 15.4 Å². The smallest absolute Gasteiger partial charge is 0.321 e. The predicted octanol–water partition coefficient (Wildman–Crippen LogP) is 0.798. The molecule has 8 heteroatoms. The minimum atomic E-state index is -0.465. The number of nitrogens with zero attached hydrogens (tertiary/aromatic N) is 2. The fraction of sp³-hybridized carbons (Fsp3) is 0.529. The van der Waals surface area contributed by atoms with Gasteiger partial charge in [0.25, 0.3) is 0 Å². The molecule has 25 heavy (non-hydrogen) atoms. The first-order chi connectivity index (χ1) is 12.0. The van der Waals surface area contributed by atoms with E-state index >= 15 is 0 Å². The van der Waals surface area contributed by atoms with E-state index in [1.165, 1.54) is 13.2 Å². The van der Waals surface area contributed by atoms with Crippen LogP contribution in [0.5, 0.6) is 5.75 Å². The zero-order chi connectivity index (χ0) is 18.2. The Balaban J connectivity index is 1.75. The molecule has 0 aliphatic carbocycles. The molecule has 1 fully saturated rings. The highest BCUT2D eigenvalue weighted by Gasteiger charge is 2.20. The molecular formula is C17H25FN4O3. The van der Waals surface area contributed by atoms with Gasteiger partial charge in [0.15, 0.2) is 11.6 Å². The van der Waals surface area contributed by atoms with Crippen molar-refractivity contribution >= 4 is 11.9 Å². The van der Waals surface area contributed by atoms with Crippen LogP contribution in [0.1, 0.15) is 12.5 Å². The maximum Gasteiger partial charge on any atom is 0.321 e. The Kier molecular flexibility index (Phi) is 7.15. The fourth-order valence-electron chi connectivity index (χ4n) is 2.75. The lowest BCUT2D eigenvalue weighted by atomic mass is 10.2. The number of rotatable bonds is 6. The van der Waals surface area contributed by atoms with E-state index in [9.17, 15) is 14.0 Å². The highest BCUT2D eigenvalue weighted by molar-refractivity contribution is 5.95. The largest absolute Gasteiger partial charge is 0.494 e. The zero-order valence-corrected chi connectivity index (χ0v) is 14.7. The molecule has 138 valence electrons. The van der Waals surface area contributed by atoms with Crippen LogP contribution in [0.25, 0.3) is 0 Å². The Morgan fingerprint density at radius 1 is 1.20 bits per heavy atom. The standard InChI is InChI=1S/C17H25FN4O3/c1-3-19-17(24)20-16(23)12-22-8-6-21(7-9-22)11-13-4-5-15(25-2)14(18)10-13/h4-5,10H,3,6-9,11-12H2,1-2H3,(H2,19,20,23,24). The molecule has 2 N–H and O–H groups in total. The summed E-state index contributed by atoms with van der Waals surface area (Å²) in [4.78, 5) is 27.3. The van der Waals surface area contributed by atoms with Gasteiger partial charge in [0, 0.05) is 39.3 Å². The topological polar surface area (TPSA) is 73.9 Å². The lowest BCUT2D eigenvalue weighted by molar-refractivity contribution is -0.121. The van der Waals surface area contributed by atoms with Gasteiger partial charge in [0.05, 0.1) is 13.7 Å². The number of ether oxygens (including phenoxy) is 1. The molecule has 0 atom stereocenters. The molecule has 0 bridgehead atoms. The molecule has 0 saturated carbocycles. The molecule has 2 rings (SSSR count). The first-order valence-corrected chi connectivity index (χ1v) is 8.36. The van der Waals surface area contributed by atoms with E-state index < -0.39 is 6.03 Å². The Morgan fingerprint density at radius 3 is 2.48 bits per heavy atom. The fourth-order valence-corrected chi connectivity index (χ4v) is 2.75. The number of methoxy groups -OCH3 is 1. The number of amides is 3. The molecule has 1 aromatic rings. The van der Waals surface area contributed by atoms with Gasteiger partial charge < -0.3 is 10.1 Å². The Morgan fingerprint density at radius 2 is 1.88 bits per heavy atom. The second kappa shape index (κ2) is 9.33. The number of hydrogen-bond donors (Lipinski definition) is 2. The monoisotopic (exact) mass is 352 g/mol. The summed E-state index contributed by atoms with van der Waals surface area (Å²) in [6.07, 6.45) is 0. The minimum Gasteiger partial charge on any atom is -0.494 e. The minimum absolute atomic E-state index is 0.197. The number of urea groups is 1. The van der Waals surface area contributed by atoms with Crippen molar-refractivity contribution in [3.63, 3.8) is 0 Å². The van der Waals surface area contributed by atoms with Crippen molar-refractivity contribution in [3.8, 4) is 5.75 Å². The van der Waals surface area contributed by atoms with Crippen molar-refractivity contribution in [1.29, 1.82) is 0 Å².